The molecule has 0 bridgehead atoms. The number of piperidine rings is 1. The van der Waals surface area contributed by atoms with Gasteiger partial charge < -0.3 is 20.7 Å². The van der Waals surface area contributed by atoms with Crippen LogP contribution in [0.25, 0.3) is 0 Å². The Balaban J connectivity index is 1.48. The highest BCUT2D eigenvalue weighted by Crippen LogP contribution is 2.24. The molecule has 3 N–H and O–H groups in total. The minimum absolute atomic E-state index is 0.132. The minimum atomic E-state index is -4.78. The summed E-state index contributed by atoms with van der Waals surface area (Å²) in [6.07, 6.45) is -1.17. The van der Waals surface area contributed by atoms with Crippen molar-refractivity contribution in [1.82, 2.24) is 10.2 Å². The fraction of sp³-hybridized carbons (Fsp3) is 0.417. The zero-order valence-corrected chi connectivity index (χ0v) is 19.2. The van der Waals surface area contributed by atoms with Crippen molar-refractivity contribution >= 4 is 23.3 Å². The summed E-state index contributed by atoms with van der Waals surface area (Å²) in [7, 11) is 0. The van der Waals surface area contributed by atoms with Crippen LogP contribution in [0.5, 0.6) is 5.75 Å². The predicted octanol–water partition coefficient (Wildman–Crippen LogP) is 5.22. The van der Waals surface area contributed by atoms with Gasteiger partial charge in [-0.3, -0.25) is 9.69 Å². The van der Waals surface area contributed by atoms with E-state index >= 15 is 0 Å². The lowest BCUT2D eigenvalue weighted by Gasteiger charge is -2.41. The van der Waals surface area contributed by atoms with Gasteiger partial charge in [-0.2, -0.15) is 0 Å². The van der Waals surface area contributed by atoms with E-state index in [1.54, 1.807) is 24.3 Å². The number of likely N-dealkylation sites (tertiary alicyclic amines) is 1. The lowest BCUT2D eigenvalue weighted by Crippen LogP contribution is -2.53. The van der Waals surface area contributed by atoms with Crippen LogP contribution in [-0.2, 0) is 0 Å². The van der Waals surface area contributed by atoms with E-state index in [1.165, 1.54) is 31.4 Å². The van der Waals surface area contributed by atoms with Crippen LogP contribution in [-0.4, -0.2) is 48.4 Å². The van der Waals surface area contributed by atoms with E-state index in [0.717, 1.165) is 25.2 Å². The molecule has 0 unspecified atom stereocenters. The maximum Gasteiger partial charge on any atom is 0.573 e. The average molecular weight is 479 g/mol. The molecule has 1 heterocycles. The maximum absolute atomic E-state index is 12.6. The van der Waals surface area contributed by atoms with Crippen molar-refractivity contribution in [2.24, 2.45) is 0 Å². The first-order chi connectivity index (χ1) is 16.0. The minimum Gasteiger partial charge on any atom is -0.406 e. The molecular formula is C24H29F3N4O3. The number of alkyl halides is 3. The topological polar surface area (TPSA) is 82.7 Å². The molecule has 0 atom stereocenters. The molecule has 2 aromatic carbocycles. The monoisotopic (exact) mass is 478 g/mol. The molecule has 2 aromatic rings. The van der Waals surface area contributed by atoms with E-state index in [2.05, 4.69) is 39.4 Å². The lowest BCUT2D eigenvalue weighted by atomic mass is 9.98. The highest BCUT2D eigenvalue weighted by atomic mass is 19.4. The summed E-state index contributed by atoms with van der Waals surface area (Å²) in [5, 5.41) is 8.11. The number of benzene rings is 2. The number of urea groups is 1. The van der Waals surface area contributed by atoms with Crippen molar-refractivity contribution in [2.75, 3.05) is 30.3 Å². The van der Waals surface area contributed by atoms with Crippen molar-refractivity contribution in [2.45, 2.75) is 45.0 Å². The molecule has 1 aliphatic rings. The molecule has 3 amide bonds. The van der Waals surface area contributed by atoms with Gasteiger partial charge in [0.1, 0.15) is 5.75 Å². The normalized spacial score (nSPS) is 14.9. The van der Waals surface area contributed by atoms with Gasteiger partial charge in [-0.05, 0) is 88.3 Å². The molecule has 34 heavy (non-hydrogen) atoms. The van der Waals surface area contributed by atoms with Gasteiger partial charge in [0.05, 0.1) is 0 Å². The number of nitrogens with zero attached hydrogens (tertiary/aromatic N) is 1. The summed E-state index contributed by atoms with van der Waals surface area (Å²) in [5.41, 5.74) is 1.09. The van der Waals surface area contributed by atoms with E-state index < -0.39 is 12.4 Å². The second-order valence-corrected chi connectivity index (χ2v) is 8.77. The smallest absolute Gasteiger partial charge is 0.406 e. The number of ether oxygens (including phenoxy) is 1. The Morgan fingerprint density at radius 2 is 1.41 bits per heavy atom. The number of hydrogen-bond acceptors (Lipinski definition) is 4. The summed E-state index contributed by atoms with van der Waals surface area (Å²) in [5.74, 6) is -0.575. The molecule has 3 rings (SSSR count). The highest BCUT2D eigenvalue weighted by Gasteiger charge is 2.31. The van der Waals surface area contributed by atoms with E-state index in [9.17, 15) is 22.8 Å². The Kier molecular flexibility index (Phi) is 8.03. The lowest BCUT2D eigenvalue weighted by molar-refractivity contribution is -0.274. The van der Waals surface area contributed by atoms with Crippen LogP contribution in [0.1, 0.15) is 43.5 Å². The van der Waals surface area contributed by atoms with Crippen LogP contribution in [0.2, 0.25) is 0 Å². The molecule has 10 heteroatoms. The van der Waals surface area contributed by atoms with Gasteiger partial charge in [-0.1, -0.05) is 6.42 Å². The summed E-state index contributed by atoms with van der Waals surface area (Å²) in [4.78, 5) is 27.1. The summed E-state index contributed by atoms with van der Waals surface area (Å²) >= 11 is 0. The number of amides is 3. The first-order valence-electron chi connectivity index (χ1n) is 11.1. The Morgan fingerprint density at radius 3 is 1.94 bits per heavy atom. The van der Waals surface area contributed by atoms with Crippen LogP contribution >= 0.6 is 0 Å². The highest BCUT2D eigenvalue weighted by molar-refractivity contribution is 6.00. The average Bonchev–Trinajstić information content (AvgIpc) is 2.79. The fourth-order valence-electron chi connectivity index (χ4n) is 3.75. The number of anilines is 2. The number of carbonyl (C=O) groups is 2. The molecule has 184 valence electrons. The molecule has 7 nitrogen and oxygen atoms in total. The molecule has 0 radical (unpaired) electrons. The van der Waals surface area contributed by atoms with E-state index in [1.807, 2.05) is 0 Å². The van der Waals surface area contributed by atoms with Crippen LogP contribution in [0.15, 0.2) is 48.5 Å². The van der Waals surface area contributed by atoms with Crippen LogP contribution in [0, 0.1) is 0 Å². The third-order valence-electron chi connectivity index (χ3n) is 5.64. The number of hydrogen-bond donors (Lipinski definition) is 3. The van der Waals surface area contributed by atoms with Gasteiger partial charge in [0.25, 0.3) is 5.91 Å². The Labute approximate surface area is 196 Å². The van der Waals surface area contributed by atoms with Gasteiger partial charge in [0, 0.05) is 29.0 Å². The first-order valence-corrected chi connectivity index (χ1v) is 11.1. The molecule has 1 aliphatic heterocycles. The molecule has 1 fully saturated rings. The SMILES string of the molecule is CC(C)(CNC(=O)c1ccc(NC(=O)Nc2ccc(OC(F)(F)F)cc2)cc1)N1CCCCC1. The molecular weight excluding hydrogens is 449 g/mol. The molecule has 0 aliphatic carbocycles. The molecule has 1 saturated heterocycles. The van der Waals surface area contributed by atoms with Gasteiger partial charge in [-0.15, -0.1) is 13.2 Å². The Morgan fingerprint density at radius 1 is 0.882 bits per heavy atom. The standard InChI is InChI=1S/C24H29F3N4O3/c1-23(2,31-14-4-3-5-15-31)16-28-21(32)17-6-8-18(9-7-17)29-22(33)30-19-10-12-20(13-11-19)34-24(25,26)27/h6-13H,3-5,14-16H2,1-2H3,(H,28,32)(H2,29,30,33). The van der Waals surface area contributed by atoms with Crippen LogP contribution in [0.4, 0.5) is 29.3 Å². The zero-order chi connectivity index (χ0) is 24.8. The van der Waals surface area contributed by atoms with Crippen LogP contribution < -0.4 is 20.7 Å². The largest absolute Gasteiger partial charge is 0.573 e. The summed E-state index contributed by atoms with van der Waals surface area (Å²) in [6.45, 7) is 6.86. The second-order valence-electron chi connectivity index (χ2n) is 8.77. The van der Waals surface area contributed by atoms with E-state index in [4.69, 9.17) is 0 Å². The van der Waals surface area contributed by atoms with Crippen molar-refractivity contribution in [1.29, 1.82) is 0 Å². The third-order valence-corrected chi connectivity index (χ3v) is 5.64. The number of nitrogens with one attached hydrogen (secondary N) is 3. The van der Waals surface area contributed by atoms with Gasteiger partial charge in [0.2, 0.25) is 0 Å². The summed E-state index contributed by atoms with van der Waals surface area (Å²) in [6, 6.07) is 10.6. The van der Waals surface area contributed by atoms with E-state index in [0.29, 0.717) is 23.5 Å². The Hall–Kier alpha value is -3.27. The van der Waals surface area contributed by atoms with Crippen molar-refractivity contribution in [3.63, 3.8) is 0 Å². The quantitative estimate of drug-likeness (QED) is 0.509. The van der Waals surface area contributed by atoms with E-state index in [-0.39, 0.29) is 17.2 Å². The molecule has 0 spiro atoms. The molecule has 0 aromatic heterocycles. The van der Waals surface area contributed by atoms with Crippen molar-refractivity contribution < 1.29 is 27.5 Å². The zero-order valence-electron chi connectivity index (χ0n) is 19.2. The van der Waals surface area contributed by atoms with Gasteiger partial charge in [0.15, 0.2) is 0 Å². The first kappa shape index (κ1) is 25.4. The number of rotatable bonds is 7. The maximum atomic E-state index is 12.6. The molecule has 0 saturated carbocycles. The number of carbonyl (C=O) groups excluding carboxylic acids is 2. The number of halogens is 3. The predicted molar refractivity (Wildman–Crippen MR) is 124 cm³/mol. The third kappa shape index (κ3) is 7.65. The Bertz CT molecular complexity index is 970. The van der Waals surface area contributed by atoms with Crippen molar-refractivity contribution in [3.05, 3.63) is 54.1 Å². The van der Waals surface area contributed by atoms with Gasteiger partial charge in [-0.25, -0.2) is 4.79 Å². The van der Waals surface area contributed by atoms with Crippen LogP contribution in [0.3, 0.4) is 0 Å². The van der Waals surface area contributed by atoms with Gasteiger partial charge >= 0.3 is 12.4 Å². The summed E-state index contributed by atoms with van der Waals surface area (Å²) < 4.78 is 40.4. The second kappa shape index (κ2) is 10.8. The fourth-order valence-corrected chi connectivity index (χ4v) is 3.75. The van der Waals surface area contributed by atoms with Crippen molar-refractivity contribution in [3.8, 4) is 5.75 Å².